The molecule has 0 amide bonds. The van der Waals surface area contributed by atoms with E-state index in [1.54, 1.807) is 0 Å². The van der Waals surface area contributed by atoms with Gasteiger partial charge in [-0.3, -0.25) is 0 Å². The van der Waals surface area contributed by atoms with Crippen LogP contribution in [0.4, 0.5) is 5.82 Å². The van der Waals surface area contributed by atoms with Gasteiger partial charge in [0.1, 0.15) is 5.82 Å². The number of nitrogens with one attached hydrogen (secondary N) is 1. The molecule has 0 bridgehead atoms. The van der Waals surface area contributed by atoms with E-state index in [1.165, 1.54) is 0 Å². The highest BCUT2D eigenvalue weighted by Crippen LogP contribution is 2.17. The molecule has 96 valence electrons. The van der Waals surface area contributed by atoms with Crippen molar-refractivity contribution in [3.63, 3.8) is 0 Å². The molecule has 0 atom stereocenters. The third kappa shape index (κ3) is 5.04. The minimum absolute atomic E-state index is 0.171. The first-order valence-corrected chi connectivity index (χ1v) is 6.68. The summed E-state index contributed by atoms with van der Waals surface area (Å²) in [6.07, 6.45) is 0. The van der Waals surface area contributed by atoms with Crippen LogP contribution in [-0.4, -0.2) is 30.7 Å². The van der Waals surface area contributed by atoms with E-state index >= 15 is 0 Å². The number of aromatic nitrogens is 1. The van der Waals surface area contributed by atoms with Gasteiger partial charge in [-0.05, 0) is 55.8 Å². The molecule has 1 aromatic heterocycles. The lowest BCUT2D eigenvalue weighted by Gasteiger charge is -2.24. The van der Waals surface area contributed by atoms with Gasteiger partial charge < -0.3 is 10.2 Å². The van der Waals surface area contributed by atoms with Crippen LogP contribution in [-0.2, 0) is 0 Å². The normalized spacial score (nSPS) is 11.6. The van der Waals surface area contributed by atoms with E-state index in [4.69, 9.17) is 0 Å². The van der Waals surface area contributed by atoms with Crippen molar-refractivity contribution in [3.05, 3.63) is 22.3 Å². The Hall–Kier alpha value is -0.610. The van der Waals surface area contributed by atoms with Crippen LogP contribution in [0.25, 0.3) is 0 Å². The average Bonchev–Trinajstić information content (AvgIpc) is 2.20. The maximum Gasteiger partial charge on any atom is 0.128 e. The van der Waals surface area contributed by atoms with E-state index in [0.29, 0.717) is 0 Å². The van der Waals surface area contributed by atoms with Gasteiger partial charge in [-0.25, -0.2) is 4.98 Å². The van der Waals surface area contributed by atoms with Crippen LogP contribution in [0.2, 0.25) is 0 Å². The molecule has 1 aromatic rings. The highest BCUT2D eigenvalue weighted by Gasteiger charge is 2.09. The highest BCUT2D eigenvalue weighted by molar-refractivity contribution is 9.10. The molecule has 0 aliphatic carbocycles. The van der Waals surface area contributed by atoms with Gasteiger partial charge in [0.15, 0.2) is 0 Å². The summed E-state index contributed by atoms with van der Waals surface area (Å²) >= 11 is 3.46. The van der Waals surface area contributed by atoms with Gasteiger partial charge in [-0.2, -0.15) is 0 Å². The van der Waals surface area contributed by atoms with Gasteiger partial charge in [0.05, 0.1) is 5.69 Å². The van der Waals surface area contributed by atoms with Crippen molar-refractivity contribution in [2.24, 2.45) is 0 Å². The summed E-state index contributed by atoms with van der Waals surface area (Å²) in [6.45, 7) is 10.4. The fraction of sp³-hybridized carbons (Fsp3) is 0.615. The average molecular weight is 300 g/mol. The van der Waals surface area contributed by atoms with Gasteiger partial charge in [0, 0.05) is 30.1 Å². The lowest BCUT2D eigenvalue weighted by molar-refractivity contribution is 0.430. The minimum Gasteiger partial charge on any atom is -0.358 e. The van der Waals surface area contributed by atoms with Crippen molar-refractivity contribution >= 4 is 21.7 Å². The predicted molar refractivity (Wildman–Crippen MR) is 77.7 cm³/mol. The summed E-state index contributed by atoms with van der Waals surface area (Å²) < 4.78 is 1.06. The molecule has 0 aliphatic rings. The molecule has 0 saturated carbocycles. The Morgan fingerprint density at radius 2 is 2.00 bits per heavy atom. The molecule has 1 rings (SSSR count). The van der Waals surface area contributed by atoms with Gasteiger partial charge in [0.2, 0.25) is 0 Å². The molecule has 0 aromatic carbocycles. The van der Waals surface area contributed by atoms with Crippen molar-refractivity contribution in [3.8, 4) is 0 Å². The van der Waals surface area contributed by atoms with Crippen LogP contribution < -0.4 is 10.2 Å². The first-order chi connectivity index (χ1) is 7.79. The van der Waals surface area contributed by atoms with E-state index in [0.717, 1.165) is 29.1 Å². The molecule has 0 unspecified atom stereocenters. The topological polar surface area (TPSA) is 28.2 Å². The maximum atomic E-state index is 4.54. The number of nitrogens with zero attached hydrogens (tertiary/aromatic N) is 2. The molecule has 1 heterocycles. The summed E-state index contributed by atoms with van der Waals surface area (Å²) in [5.74, 6) is 1.02. The van der Waals surface area contributed by atoms with E-state index < -0.39 is 0 Å². The van der Waals surface area contributed by atoms with Crippen molar-refractivity contribution in [1.29, 1.82) is 0 Å². The number of pyridine rings is 1. The number of halogens is 1. The predicted octanol–water partition coefficient (Wildman–Crippen LogP) is 2.98. The minimum atomic E-state index is 0.171. The number of hydrogen-bond acceptors (Lipinski definition) is 3. The van der Waals surface area contributed by atoms with Crippen molar-refractivity contribution in [2.75, 3.05) is 25.0 Å². The largest absolute Gasteiger partial charge is 0.358 e. The number of aryl methyl sites for hydroxylation is 1. The number of anilines is 1. The summed E-state index contributed by atoms with van der Waals surface area (Å²) in [4.78, 5) is 6.70. The molecule has 4 heteroatoms. The molecule has 0 saturated heterocycles. The molecule has 0 radical (unpaired) electrons. The second-order valence-electron chi connectivity index (χ2n) is 5.34. The third-order valence-electron chi connectivity index (χ3n) is 2.50. The highest BCUT2D eigenvalue weighted by atomic mass is 79.9. The Morgan fingerprint density at radius 3 is 2.53 bits per heavy atom. The van der Waals surface area contributed by atoms with Gasteiger partial charge >= 0.3 is 0 Å². The third-order valence-corrected chi connectivity index (χ3v) is 3.34. The fourth-order valence-electron chi connectivity index (χ4n) is 1.46. The number of rotatable bonds is 4. The Morgan fingerprint density at radius 1 is 1.35 bits per heavy atom. The van der Waals surface area contributed by atoms with Gasteiger partial charge in [0.25, 0.3) is 0 Å². The SMILES string of the molecule is Cc1nc(N(C)CCNC(C)(C)C)ccc1Br. The quantitative estimate of drug-likeness (QED) is 0.926. The van der Waals surface area contributed by atoms with Crippen LogP contribution >= 0.6 is 15.9 Å². The van der Waals surface area contributed by atoms with Crippen LogP contribution in [0, 0.1) is 6.92 Å². The van der Waals surface area contributed by atoms with E-state index in [-0.39, 0.29) is 5.54 Å². The zero-order valence-corrected chi connectivity index (χ0v) is 12.9. The van der Waals surface area contributed by atoms with Crippen LogP contribution in [0.15, 0.2) is 16.6 Å². The van der Waals surface area contributed by atoms with Crippen molar-refractivity contribution < 1.29 is 0 Å². The molecule has 0 aliphatic heterocycles. The summed E-state index contributed by atoms with van der Waals surface area (Å²) in [6, 6.07) is 4.08. The Labute approximate surface area is 113 Å². The Kier molecular flexibility index (Phi) is 4.95. The van der Waals surface area contributed by atoms with E-state index in [1.807, 2.05) is 19.1 Å². The lowest BCUT2D eigenvalue weighted by Crippen LogP contribution is -2.40. The molecule has 1 N–H and O–H groups in total. The first kappa shape index (κ1) is 14.5. The number of likely N-dealkylation sites (N-methyl/N-ethyl adjacent to an activating group) is 1. The fourth-order valence-corrected chi connectivity index (χ4v) is 1.68. The van der Waals surface area contributed by atoms with Crippen molar-refractivity contribution in [2.45, 2.75) is 33.2 Å². The van der Waals surface area contributed by atoms with Crippen LogP contribution in [0.1, 0.15) is 26.5 Å². The Balaban J connectivity index is 2.52. The Bertz CT molecular complexity index is 371. The van der Waals surface area contributed by atoms with Gasteiger partial charge in [-0.15, -0.1) is 0 Å². The maximum absolute atomic E-state index is 4.54. The zero-order chi connectivity index (χ0) is 13.1. The zero-order valence-electron chi connectivity index (χ0n) is 11.3. The van der Waals surface area contributed by atoms with Gasteiger partial charge in [-0.1, -0.05) is 0 Å². The van der Waals surface area contributed by atoms with Crippen molar-refractivity contribution in [1.82, 2.24) is 10.3 Å². The summed E-state index contributed by atoms with van der Waals surface area (Å²) in [5, 5.41) is 3.47. The van der Waals surface area contributed by atoms with Crippen LogP contribution in [0.3, 0.4) is 0 Å². The molecular formula is C13H22BrN3. The van der Waals surface area contributed by atoms with E-state index in [2.05, 4.69) is 58.9 Å². The molecule has 0 fully saturated rings. The standard InChI is InChI=1S/C13H22BrN3/c1-10-11(14)6-7-12(16-10)17(5)9-8-15-13(2,3)4/h6-7,15H,8-9H2,1-5H3. The molecule has 3 nitrogen and oxygen atoms in total. The first-order valence-electron chi connectivity index (χ1n) is 5.89. The smallest absolute Gasteiger partial charge is 0.128 e. The van der Waals surface area contributed by atoms with E-state index in [9.17, 15) is 0 Å². The molecule has 17 heavy (non-hydrogen) atoms. The second-order valence-corrected chi connectivity index (χ2v) is 6.19. The monoisotopic (exact) mass is 299 g/mol. The molecular weight excluding hydrogens is 278 g/mol. The number of hydrogen-bond donors (Lipinski definition) is 1. The lowest BCUT2D eigenvalue weighted by atomic mass is 10.1. The summed E-state index contributed by atoms with van der Waals surface area (Å²) in [5.41, 5.74) is 1.20. The summed E-state index contributed by atoms with van der Waals surface area (Å²) in [7, 11) is 2.07. The second kappa shape index (κ2) is 5.83. The molecule has 0 spiro atoms. The van der Waals surface area contributed by atoms with Crippen LogP contribution in [0.5, 0.6) is 0 Å².